The number of carbonyl (C=O) groups excluding carboxylic acids is 1. The Morgan fingerprint density at radius 1 is 1.27 bits per heavy atom. The smallest absolute Gasteiger partial charge is 0.231 e. The van der Waals surface area contributed by atoms with Gasteiger partial charge in [-0.2, -0.15) is 4.98 Å². The molecular weight excluding hydrogens is 334 g/mol. The Hall–Kier alpha value is -2.57. The number of carbonyl (C=O) groups is 1. The van der Waals surface area contributed by atoms with E-state index in [9.17, 15) is 4.79 Å². The number of hydrogen-bond acceptors (Lipinski definition) is 6. The molecule has 1 aromatic carbocycles. The standard InChI is InChI=1S/C19H23N3O4/c1-12(2)22(19(23)13-4-3-5-13)9-8-17-20-18(21-26-17)14-6-7-15-16(10-14)25-11-24-15/h6-7,10,12-13H,3-5,8-9,11H2,1-2H3. The summed E-state index contributed by atoms with van der Waals surface area (Å²) >= 11 is 0. The highest BCUT2D eigenvalue weighted by atomic mass is 16.7. The molecular formula is C19H23N3O4. The van der Waals surface area contributed by atoms with Crippen LogP contribution in [0.2, 0.25) is 0 Å². The van der Waals surface area contributed by atoms with Gasteiger partial charge in [0, 0.05) is 30.5 Å². The summed E-state index contributed by atoms with van der Waals surface area (Å²) in [5.41, 5.74) is 0.815. The number of benzene rings is 1. The fourth-order valence-corrected chi connectivity index (χ4v) is 3.24. The Balaban J connectivity index is 1.42. The maximum absolute atomic E-state index is 12.6. The number of rotatable bonds is 6. The molecule has 4 rings (SSSR count). The summed E-state index contributed by atoms with van der Waals surface area (Å²) in [7, 11) is 0. The SMILES string of the molecule is CC(C)N(CCc1nc(-c2ccc3c(c2)OCO3)no1)C(=O)C1CCC1. The van der Waals surface area contributed by atoms with Gasteiger partial charge in [0.15, 0.2) is 11.5 Å². The number of ether oxygens (including phenoxy) is 2. The highest BCUT2D eigenvalue weighted by molar-refractivity contribution is 5.79. The van der Waals surface area contributed by atoms with Gasteiger partial charge in [0.05, 0.1) is 0 Å². The Morgan fingerprint density at radius 3 is 2.81 bits per heavy atom. The molecule has 1 fully saturated rings. The lowest BCUT2D eigenvalue weighted by Gasteiger charge is -2.34. The van der Waals surface area contributed by atoms with E-state index < -0.39 is 0 Å². The van der Waals surface area contributed by atoms with E-state index in [1.54, 1.807) is 0 Å². The number of amides is 1. The molecule has 2 heterocycles. The predicted octanol–water partition coefficient (Wildman–Crippen LogP) is 3.04. The van der Waals surface area contributed by atoms with Gasteiger partial charge in [-0.1, -0.05) is 11.6 Å². The lowest BCUT2D eigenvalue weighted by Crippen LogP contribution is -2.44. The molecule has 0 saturated heterocycles. The second-order valence-electron chi connectivity index (χ2n) is 7.08. The van der Waals surface area contributed by atoms with E-state index in [0.717, 1.165) is 30.6 Å². The summed E-state index contributed by atoms with van der Waals surface area (Å²) in [5, 5.41) is 4.06. The van der Waals surface area contributed by atoms with Crippen LogP contribution in [0, 0.1) is 5.92 Å². The molecule has 0 N–H and O–H groups in total. The fraction of sp³-hybridized carbons (Fsp3) is 0.526. The Bertz CT molecular complexity index is 798. The van der Waals surface area contributed by atoms with Crippen molar-refractivity contribution in [2.45, 2.75) is 45.6 Å². The Morgan fingerprint density at radius 2 is 2.08 bits per heavy atom. The van der Waals surface area contributed by atoms with Crippen molar-refractivity contribution in [3.05, 3.63) is 24.1 Å². The largest absolute Gasteiger partial charge is 0.454 e. The molecule has 1 amide bonds. The van der Waals surface area contributed by atoms with Gasteiger partial charge in [0.2, 0.25) is 24.4 Å². The van der Waals surface area contributed by atoms with Gasteiger partial charge in [-0.15, -0.1) is 0 Å². The summed E-state index contributed by atoms with van der Waals surface area (Å²) in [5.74, 6) is 2.90. The molecule has 0 unspecified atom stereocenters. The first-order chi connectivity index (χ1) is 12.6. The van der Waals surface area contributed by atoms with Crippen LogP contribution in [0.5, 0.6) is 11.5 Å². The second-order valence-corrected chi connectivity index (χ2v) is 7.08. The topological polar surface area (TPSA) is 77.7 Å². The molecule has 2 aliphatic rings. The highest BCUT2D eigenvalue weighted by Crippen LogP contribution is 2.35. The zero-order valence-electron chi connectivity index (χ0n) is 15.1. The van der Waals surface area contributed by atoms with E-state index in [-0.39, 0.29) is 24.7 Å². The van der Waals surface area contributed by atoms with Crippen LogP contribution in [0.1, 0.15) is 39.0 Å². The quantitative estimate of drug-likeness (QED) is 0.791. The minimum atomic E-state index is 0.166. The van der Waals surface area contributed by atoms with Gasteiger partial charge < -0.3 is 18.9 Å². The molecule has 1 saturated carbocycles. The first-order valence-electron chi connectivity index (χ1n) is 9.15. The summed E-state index contributed by atoms with van der Waals surface area (Å²) in [4.78, 5) is 18.9. The van der Waals surface area contributed by atoms with Gasteiger partial charge >= 0.3 is 0 Å². The molecule has 7 heteroatoms. The summed E-state index contributed by atoms with van der Waals surface area (Å²) in [6.45, 7) is 4.91. The van der Waals surface area contributed by atoms with Crippen LogP contribution >= 0.6 is 0 Å². The van der Waals surface area contributed by atoms with E-state index >= 15 is 0 Å². The summed E-state index contributed by atoms with van der Waals surface area (Å²) in [6, 6.07) is 5.73. The van der Waals surface area contributed by atoms with Crippen molar-refractivity contribution in [1.29, 1.82) is 0 Å². The Labute approximate surface area is 152 Å². The third-order valence-corrected chi connectivity index (χ3v) is 5.03. The zero-order valence-corrected chi connectivity index (χ0v) is 15.1. The van der Waals surface area contributed by atoms with E-state index in [4.69, 9.17) is 14.0 Å². The van der Waals surface area contributed by atoms with Crippen LogP contribution in [-0.4, -0.2) is 40.3 Å². The average molecular weight is 357 g/mol. The molecule has 138 valence electrons. The van der Waals surface area contributed by atoms with Crippen molar-refractivity contribution >= 4 is 5.91 Å². The van der Waals surface area contributed by atoms with Crippen LogP contribution in [0.15, 0.2) is 22.7 Å². The number of aromatic nitrogens is 2. The van der Waals surface area contributed by atoms with Crippen LogP contribution in [-0.2, 0) is 11.2 Å². The van der Waals surface area contributed by atoms with E-state index in [0.29, 0.717) is 30.4 Å². The van der Waals surface area contributed by atoms with Gasteiger partial charge in [-0.05, 0) is 44.9 Å². The minimum Gasteiger partial charge on any atom is -0.454 e. The minimum absolute atomic E-state index is 0.166. The fourth-order valence-electron chi connectivity index (χ4n) is 3.24. The lowest BCUT2D eigenvalue weighted by molar-refractivity contribution is -0.139. The number of fused-ring (bicyclic) bond motifs is 1. The van der Waals surface area contributed by atoms with Gasteiger partial charge in [-0.25, -0.2) is 0 Å². The Kier molecular flexibility index (Phi) is 4.53. The molecule has 0 bridgehead atoms. The van der Waals surface area contributed by atoms with Crippen molar-refractivity contribution in [3.63, 3.8) is 0 Å². The third-order valence-electron chi connectivity index (χ3n) is 5.03. The van der Waals surface area contributed by atoms with Crippen molar-refractivity contribution in [2.75, 3.05) is 13.3 Å². The van der Waals surface area contributed by atoms with Crippen molar-refractivity contribution in [3.8, 4) is 22.9 Å². The van der Waals surface area contributed by atoms with Gasteiger partial charge in [0.1, 0.15) is 0 Å². The molecule has 0 atom stereocenters. The van der Waals surface area contributed by atoms with Crippen LogP contribution in [0.4, 0.5) is 0 Å². The van der Waals surface area contributed by atoms with E-state index in [1.165, 1.54) is 0 Å². The van der Waals surface area contributed by atoms with Crippen LogP contribution in [0.3, 0.4) is 0 Å². The molecule has 26 heavy (non-hydrogen) atoms. The predicted molar refractivity (Wildman–Crippen MR) is 93.8 cm³/mol. The third kappa shape index (κ3) is 3.25. The molecule has 2 aromatic rings. The molecule has 0 spiro atoms. The first kappa shape index (κ1) is 16.9. The number of nitrogens with zero attached hydrogens (tertiary/aromatic N) is 3. The maximum atomic E-state index is 12.6. The normalized spacial score (nSPS) is 16.0. The maximum Gasteiger partial charge on any atom is 0.231 e. The molecule has 7 nitrogen and oxygen atoms in total. The molecule has 0 radical (unpaired) electrons. The van der Waals surface area contributed by atoms with Crippen LogP contribution in [0.25, 0.3) is 11.4 Å². The van der Waals surface area contributed by atoms with Crippen molar-refractivity contribution < 1.29 is 18.8 Å². The first-order valence-corrected chi connectivity index (χ1v) is 9.15. The van der Waals surface area contributed by atoms with Crippen molar-refractivity contribution in [2.24, 2.45) is 5.92 Å². The van der Waals surface area contributed by atoms with Gasteiger partial charge in [-0.3, -0.25) is 4.79 Å². The molecule has 1 aliphatic carbocycles. The molecule has 1 aromatic heterocycles. The van der Waals surface area contributed by atoms with Crippen LogP contribution < -0.4 is 9.47 Å². The lowest BCUT2D eigenvalue weighted by atomic mass is 9.84. The number of hydrogen-bond donors (Lipinski definition) is 0. The van der Waals surface area contributed by atoms with E-state index in [1.807, 2.05) is 36.9 Å². The van der Waals surface area contributed by atoms with Gasteiger partial charge in [0.25, 0.3) is 0 Å². The van der Waals surface area contributed by atoms with E-state index in [2.05, 4.69) is 10.1 Å². The monoisotopic (exact) mass is 357 g/mol. The second kappa shape index (κ2) is 6.97. The zero-order chi connectivity index (χ0) is 18.1. The molecule has 1 aliphatic heterocycles. The highest BCUT2D eigenvalue weighted by Gasteiger charge is 2.30. The summed E-state index contributed by atoms with van der Waals surface area (Å²) in [6.07, 6.45) is 3.73. The van der Waals surface area contributed by atoms with Crippen molar-refractivity contribution in [1.82, 2.24) is 15.0 Å². The summed E-state index contributed by atoms with van der Waals surface area (Å²) < 4.78 is 16.1. The average Bonchev–Trinajstić information content (AvgIpc) is 3.21.